The van der Waals surface area contributed by atoms with Gasteiger partial charge in [-0.25, -0.2) is 0 Å². The van der Waals surface area contributed by atoms with Gasteiger partial charge in [-0.1, -0.05) is 26.7 Å². The van der Waals surface area contributed by atoms with Crippen molar-refractivity contribution < 1.29 is 0 Å². The fourth-order valence-electron chi connectivity index (χ4n) is 2.96. The molecule has 0 spiro atoms. The summed E-state index contributed by atoms with van der Waals surface area (Å²) < 4.78 is 0. The molecule has 0 bridgehead atoms. The Morgan fingerprint density at radius 3 is 2.56 bits per heavy atom. The maximum absolute atomic E-state index is 3.60. The summed E-state index contributed by atoms with van der Waals surface area (Å²) in [7, 11) is 4.41. The zero-order valence-electron chi connectivity index (χ0n) is 13.1. The van der Waals surface area contributed by atoms with Crippen molar-refractivity contribution >= 4 is 0 Å². The molecule has 3 unspecified atom stereocenters. The van der Waals surface area contributed by atoms with Gasteiger partial charge in [0, 0.05) is 31.7 Å². The van der Waals surface area contributed by atoms with Gasteiger partial charge in [-0.2, -0.15) is 0 Å². The molecule has 0 aromatic heterocycles. The van der Waals surface area contributed by atoms with Gasteiger partial charge >= 0.3 is 0 Å². The van der Waals surface area contributed by atoms with Crippen LogP contribution in [0.2, 0.25) is 0 Å². The number of rotatable bonds is 8. The van der Waals surface area contributed by atoms with Gasteiger partial charge in [0.2, 0.25) is 0 Å². The first-order valence-electron chi connectivity index (χ1n) is 7.67. The number of hydrogen-bond donors (Lipinski definition) is 1. The predicted octanol–water partition coefficient (Wildman–Crippen LogP) is 2.04. The summed E-state index contributed by atoms with van der Waals surface area (Å²) in [5.41, 5.74) is 0. The lowest BCUT2D eigenvalue weighted by Gasteiger charge is -2.26. The van der Waals surface area contributed by atoms with E-state index in [-0.39, 0.29) is 0 Å². The molecule has 3 nitrogen and oxygen atoms in total. The summed E-state index contributed by atoms with van der Waals surface area (Å²) >= 11 is 0. The number of hydrogen-bond acceptors (Lipinski definition) is 3. The van der Waals surface area contributed by atoms with Crippen LogP contribution in [0.25, 0.3) is 0 Å². The van der Waals surface area contributed by atoms with Crippen LogP contribution in [-0.2, 0) is 0 Å². The van der Waals surface area contributed by atoms with Crippen LogP contribution in [0.4, 0.5) is 0 Å². The Balaban J connectivity index is 2.20. The normalized spacial score (nSPS) is 27.0. The van der Waals surface area contributed by atoms with Gasteiger partial charge < -0.3 is 10.2 Å². The van der Waals surface area contributed by atoms with Crippen molar-refractivity contribution in [2.24, 2.45) is 5.92 Å². The predicted molar refractivity (Wildman–Crippen MR) is 80.1 cm³/mol. The largest absolute Gasteiger partial charge is 0.315 e. The van der Waals surface area contributed by atoms with E-state index in [0.717, 1.165) is 18.5 Å². The van der Waals surface area contributed by atoms with Crippen LogP contribution < -0.4 is 5.32 Å². The van der Waals surface area contributed by atoms with Crippen molar-refractivity contribution in [3.8, 4) is 0 Å². The minimum Gasteiger partial charge on any atom is -0.315 e. The quantitative estimate of drug-likeness (QED) is 0.670. The third-order valence-corrected chi connectivity index (χ3v) is 4.28. The first-order chi connectivity index (χ1) is 8.56. The van der Waals surface area contributed by atoms with Crippen LogP contribution >= 0.6 is 0 Å². The second-order valence-electron chi connectivity index (χ2n) is 6.22. The Kier molecular flexibility index (Phi) is 7.20. The summed E-state index contributed by atoms with van der Waals surface area (Å²) in [6, 6.07) is 1.39. The summed E-state index contributed by atoms with van der Waals surface area (Å²) in [6.45, 7) is 11.8. The molecular formula is C15H33N3. The van der Waals surface area contributed by atoms with E-state index in [1.54, 1.807) is 0 Å². The maximum Gasteiger partial charge on any atom is 0.0254 e. The molecule has 0 saturated carbocycles. The van der Waals surface area contributed by atoms with Gasteiger partial charge in [-0.15, -0.1) is 0 Å². The Morgan fingerprint density at radius 1 is 1.28 bits per heavy atom. The zero-order chi connectivity index (χ0) is 13.5. The van der Waals surface area contributed by atoms with Crippen molar-refractivity contribution in [2.75, 3.05) is 40.3 Å². The van der Waals surface area contributed by atoms with E-state index in [1.807, 2.05) is 0 Å². The molecule has 3 atom stereocenters. The fraction of sp³-hybridized carbons (Fsp3) is 1.00. The first kappa shape index (κ1) is 15.9. The van der Waals surface area contributed by atoms with E-state index in [4.69, 9.17) is 0 Å². The van der Waals surface area contributed by atoms with E-state index >= 15 is 0 Å². The molecule has 18 heavy (non-hydrogen) atoms. The van der Waals surface area contributed by atoms with Crippen LogP contribution in [0.15, 0.2) is 0 Å². The molecule has 1 saturated heterocycles. The highest BCUT2D eigenvalue weighted by atomic mass is 15.3. The molecule has 1 aliphatic rings. The smallest absolute Gasteiger partial charge is 0.0254 e. The SMILES string of the molecule is CCCCCNCC(C)N1CC(C)C(N(C)C)C1. The summed E-state index contributed by atoms with van der Waals surface area (Å²) in [6.07, 6.45) is 3.98. The van der Waals surface area contributed by atoms with Gasteiger partial charge in [-0.3, -0.25) is 4.90 Å². The Hall–Kier alpha value is -0.120. The molecule has 0 aliphatic carbocycles. The molecule has 1 heterocycles. The Bertz CT molecular complexity index is 218. The number of nitrogens with zero attached hydrogens (tertiary/aromatic N) is 2. The number of nitrogens with one attached hydrogen (secondary N) is 1. The number of unbranched alkanes of at least 4 members (excludes halogenated alkanes) is 2. The maximum atomic E-state index is 3.60. The lowest BCUT2D eigenvalue weighted by atomic mass is 10.1. The average Bonchev–Trinajstić information content (AvgIpc) is 2.71. The van der Waals surface area contributed by atoms with Gasteiger partial charge in [-0.05, 0) is 39.9 Å². The first-order valence-corrected chi connectivity index (χ1v) is 7.67. The standard InChI is InChI=1S/C15H33N3/c1-6-7-8-9-16-10-14(3)18-11-13(2)15(12-18)17(4)5/h13-16H,6-12H2,1-5H3. The second kappa shape index (κ2) is 8.13. The fourth-order valence-corrected chi connectivity index (χ4v) is 2.96. The van der Waals surface area contributed by atoms with Crippen LogP contribution in [0.5, 0.6) is 0 Å². The second-order valence-corrected chi connectivity index (χ2v) is 6.22. The molecule has 108 valence electrons. The van der Waals surface area contributed by atoms with Crippen LogP contribution in [0.3, 0.4) is 0 Å². The molecule has 1 aliphatic heterocycles. The van der Waals surface area contributed by atoms with Crippen molar-refractivity contribution in [3.05, 3.63) is 0 Å². The van der Waals surface area contributed by atoms with E-state index < -0.39 is 0 Å². The van der Waals surface area contributed by atoms with Crippen molar-refractivity contribution in [3.63, 3.8) is 0 Å². The third kappa shape index (κ3) is 4.87. The van der Waals surface area contributed by atoms with Gasteiger partial charge in [0.05, 0.1) is 0 Å². The minimum absolute atomic E-state index is 0.666. The number of likely N-dealkylation sites (N-methyl/N-ethyl adjacent to an activating group) is 1. The molecule has 0 radical (unpaired) electrons. The highest BCUT2D eigenvalue weighted by Crippen LogP contribution is 2.21. The van der Waals surface area contributed by atoms with Crippen LogP contribution in [0, 0.1) is 5.92 Å². The molecule has 1 fully saturated rings. The van der Waals surface area contributed by atoms with Gasteiger partial charge in [0.25, 0.3) is 0 Å². The summed E-state index contributed by atoms with van der Waals surface area (Å²) in [4.78, 5) is 5.02. The average molecular weight is 255 g/mol. The van der Waals surface area contributed by atoms with E-state index in [1.165, 1.54) is 38.9 Å². The van der Waals surface area contributed by atoms with Gasteiger partial charge in [0.15, 0.2) is 0 Å². The highest BCUT2D eigenvalue weighted by molar-refractivity contribution is 4.89. The molecule has 3 heteroatoms. The number of likely N-dealkylation sites (tertiary alicyclic amines) is 1. The topological polar surface area (TPSA) is 18.5 Å². The van der Waals surface area contributed by atoms with Crippen LogP contribution in [0.1, 0.15) is 40.0 Å². The summed E-state index contributed by atoms with van der Waals surface area (Å²) in [5.74, 6) is 0.794. The van der Waals surface area contributed by atoms with Crippen molar-refractivity contribution in [1.29, 1.82) is 0 Å². The Labute approximate surface area is 114 Å². The molecule has 0 aromatic carbocycles. The third-order valence-electron chi connectivity index (χ3n) is 4.28. The molecule has 0 aromatic rings. The van der Waals surface area contributed by atoms with Crippen molar-refractivity contribution in [2.45, 2.75) is 52.1 Å². The van der Waals surface area contributed by atoms with E-state index in [2.05, 4.69) is 50.0 Å². The lowest BCUT2D eigenvalue weighted by Crippen LogP contribution is -2.41. The lowest BCUT2D eigenvalue weighted by molar-refractivity contribution is 0.221. The summed E-state index contributed by atoms with van der Waals surface area (Å²) in [5, 5.41) is 3.60. The van der Waals surface area contributed by atoms with Crippen LogP contribution in [-0.4, -0.2) is 62.2 Å². The minimum atomic E-state index is 0.666. The molecule has 1 N–H and O–H groups in total. The highest BCUT2D eigenvalue weighted by Gasteiger charge is 2.32. The zero-order valence-corrected chi connectivity index (χ0v) is 13.1. The van der Waals surface area contributed by atoms with E-state index in [9.17, 15) is 0 Å². The molecular weight excluding hydrogens is 222 g/mol. The molecule has 0 amide bonds. The molecule has 1 rings (SSSR count). The van der Waals surface area contributed by atoms with Crippen molar-refractivity contribution in [1.82, 2.24) is 15.1 Å². The van der Waals surface area contributed by atoms with Gasteiger partial charge in [0.1, 0.15) is 0 Å². The van der Waals surface area contributed by atoms with E-state index in [0.29, 0.717) is 6.04 Å². The monoisotopic (exact) mass is 255 g/mol. The Morgan fingerprint density at radius 2 is 2.00 bits per heavy atom.